The van der Waals surface area contributed by atoms with Crippen LogP contribution in [0.4, 0.5) is 5.82 Å². The van der Waals surface area contributed by atoms with Crippen molar-refractivity contribution in [2.75, 3.05) is 13.2 Å². The Kier molecular flexibility index (Phi) is 4.44. The smallest absolute Gasteiger partial charge is 0.374 e. The average Bonchev–Trinajstić information content (AvgIpc) is 2.87. The second kappa shape index (κ2) is 6.33. The summed E-state index contributed by atoms with van der Waals surface area (Å²) in [6.45, 7) is 1.13. The largest absolute Gasteiger partial charge is 0.404 e. The Bertz CT molecular complexity index is 589. The van der Waals surface area contributed by atoms with Gasteiger partial charge in [0.25, 0.3) is 0 Å². The van der Waals surface area contributed by atoms with Crippen LogP contribution in [0, 0.1) is 10.1 Å². The van der Waals surface area contributed by atoms with Crippen molar-refractivity contribution in [2.24, 2.45) is 0 Å². The number of morpholine rings is 1. The van der Waals surface area contributed by atoms with Crippen molar-refractivity contribution in [1.82, 2.24) is 14.7 Å². The van der Waals surface area contributed by atoms with Gasteiger partial charge >= 0.3 is 5.82 Å². The standard InChI is InChI=1S/C13H17BrN4O4/c14-9-7-16(15-13(9)18(20)21)8-12(19)17-5-6-22-11-4-2-1-3-10(11)17/h7,10-11H,1-6,8H2. The molecule has 1 saturated carbocycles. The van der Waals surface area contributed by atoms with E-state index in [0.29, 0.717) is 13.2 Å². The Morgan fingerprint density at radius 3 is 3.00 bits per heavy atom. The Balaban J connectivity index is 1.70. The summed E-state index contributed by atoms with van der Waals surface area (Å²) in [5.74, 6) is -0.338. The van der Waals surface area contributed by atoms with Crippen LogP contribution in [0.1, 0.15) is 25.7 Å². The lowest BCUT2D eigenvalue weighted by Gasteiger charge is -2.43. The molecule has 2 unspecified atom stereocenters. The molecular weight excluding hydrogens is 356 g/mol. The van der Waals surface area contributed by atoms with E-state index in [-0.39, 0.29) is 34.9 Å². The molecular formula is C13H17BrN4O4. The number of nitrogens with zero attached hydrogens (tertiary/aromatic N) is 4. The summed E-state index contributed by atoms with van der Waals surface area (Å²) in [4.78, 5) is 24.6. The van der Waals surface area contributed by atoms with Crippen LogP contribution in [0.5, 0.6) is 0 Å². The fourth-order valence-corrected chi connectivity index (χ4v) is 3.69. The highest BCUT2D eigenvalue weighted by Gasteiger charge is 2.37. The molecule has 2 heterocycles. The molecule has 0 aromatic carbocycles. The maximum Gasteiger partial charge on any atom is 0.404 e. The fourth-order valence-electron chi connectivity index (χ4n) is 3.23. The number of hydrogen-bond acceptors (Lipinski definition) is 5. The van der Waals surface area contributed by atoms with Gasteiger partial charge < -0.3 is 19.8 Å². The molecule has 0 N–H and O–H groups in total. The third-order valence-corrected chi connectivity index (χ3v) is 4.78. The van der Waals surface area contributed by atoms with Crippen LogP contribution in [-0.2, 0) is 16.1 Å². The van der Waals surface area contributed by atoms with Gasteiger partial charge in [0, 0.05) is 6.54 Å². The van der Waals surface area contributed by atoms with Gasteiger partial charge in [0.1, 0.15) is 11.0 Å². The van der Waals surface area contributed by atoms with E-state index in [1.165, 1.54) is 10.9 Å². The lowest BCUT2D eigenvalue weighted by molar-refractivity contribution is -0.390. The molecule has 2 aliphatic rings. The first-order chi connectivity index (χ1) is 10.6. The zero-order valence-corrected chi connectivity index (χ0v) is 13.6. The summed E-state index contributed by atoms with van der Waals surface area (Å²) in [6.07, 6.45) is 5.79. The summed E-state index contributed by atoms with van der Waals surface area (Å²) >= 11 is 3.09. The van der Waals surface area contributed by atoms with E-state index >= 15 is 0 Å². The molecule has 1 saturated heterocycles. The van der Waals surface area contributed by atoms with Crippen molar-refractivity contribution >= 4 is 27.7 Å². The molecule has 1 amide bonds. The monoisotopic (exact) mass is 372 g/mol. The number of hydrogen-bond donors (Lipinski definition) is 0. The molecule has 22 heavy (non-hydrogen) atoms. The summed E-state index contributed by atoms with van der Waals surface area (Å²) < 4.78 is 7.35. The number of halogens is 1. The number of ether oxygens (including phenoxy) is 1. The molecule has 9 heteroatoms. The molecule has 1 aromatic rings. The van der Waals surface area contributed by atoms with E-state index in [2.05, 4.69) is 21.0 Å². The lowest BCUT2D eigenvalue weighted by Crippen LogP contribution is -2.55. The minimum Gasteiger partial charge on any atom is -0.374 e. The van der Waals surface area contributed by atoms with Crippen molar-refractivity contribution < 1.29 is 14.5 Å². The third kappa shape index (κ3) is 3.00. The van der Waals surface area contributed by atoms with Gasteiger partial charge in [-0.3, -0.25) is 4.79 Å². The first kappa shape index (κ1) is 15.4. The highest BCUT2D eigenvalue weighted by atomic mass is 79.9. The SMILES string of the molecule is O=C(Cn1cc(Br)c([N+](=O)[O-])n1)N1CCOC2CCCCC21. The van der Waals surface area contributed by atoms with E-state index in [9.17, 15) is 14.9 Å². The molecule has 2 fully saturated rings. The minimum atomic E-state index is -0.572. The number of carbonyl (C=O) groups excluding carboxylic acids is 1. The number of aromatic nitrogens is 2. The number of rotatable bonds is 3. The lowest BCUT2D eigenvalue weighted by atomic mass is 9.90. The number of amides is 1. The molecule has 2 atom stereocenters. The predicted molar refractivity (Wildman–Crippen MR) is 80.3 cm³/mol. The molecule has 1 aliphatic carbocycles. The predicted octanol–water partition coefficient (Wildman–Crippen LogP) is 1.72. The van der Waals surface area contributed by atoms with Gasteiger partial charge in [0.05, 0.1) is 30.0 Å². The Morgan fingerprint density at radius 2 is 2.27 bits per heavy atom. The maximum atomic E-state index is 12.5. The second-order valence-corrected chi connectivity index (χ2v) is 6.46. The number of nitro groups is 1. The van der Waals surface area contributed by atoms with E-state index < -0.39 is 4.92 Å². The second-order valence-electron chi connectivity index (χ2n) is 5.60. The first-order valence-corrected chi connectivity index (χ1v) is 8.14. The van der Waals surface area contributed by atoms with E-state index in [0.717, 1.165) is 25.7 Å². The van der Waals surface area contributed by atoms with Crippen molar-refractivity contribution in [3.05, 3.63) is 20.8 Å². The van der Waals surface area contributed by atoms with Crippen LogP contribution >= 0.6 is 15.9 Å². The van der Waals surface area contributed by atoms with Gasteiger partial charge in [-0.05, 0) is 33.7 Å². The van der Waals surface area contributed by atoms with Crippen LogP contribution in [0.25, 0.3) is 0 Å². The summed E-state index contributed by atoms with van der Waals surface area (Å²) in [5, 5.41) is 14.6. The molecule has 1 aliphatic heterocycles. The Labute approximate surface area is 135 Å². The van der Waals surface area contributed by atoms with Gasteiger partial charge in [-0.15, -0.1) is 0 Å². The summed E-state index contributed by atoms with van der Waals surface area (Å²) in [7, 11) is 0. The zero-order chi connectivity index (χ0) is 15.7. The zero-order valence-electron chi connectivity index (χ0n) is 12.0. The fraction of sp³-hybridized carbons (Fsp3) is 0.692. The number of fused-ring (bicyclic) bond motifs is 1. The minimum absolute atomic E-state index is 0.00958. The Morgan fingerprint density at radius 1 is 1.50 bits per heavy atom. The normalized spacial score (nSPS) is 24.9. The maximum absolute atomic E-state index is 12.5. The molecule has 120 valence electrons. The van der Waals surface area contributed by atoms with Crippen LogP contribution < -0.4 is 0 Å². The topological polar surface area (TPSA) is 90.5 Å². The summed E-state index contributed by atoms with van der Waals surface area (Å²) in [6, 6.07) is 0.129. The summed E-state index contributed by atoms with van der Waals surface area (Å²) in [5.41, 5.74) is 0. The first-order valence-electron chi connectivity index (χ1n) is 7.34. The van der Waals surface area contributed by atoms with Gasteiger partial charge in [-0.25, -0.2) is 0 Å². The molecule has 1 aromatic heterocycles. The molecule has 0 bridgehead atoms. The molecule has 0 radical (unpaired) electrons. The van der Waals surface area contributed by atoms with Gasteiger partial charge in [-0.1, -0.05) is 12.8 Å². The van der Waals surface area contributed by atoms with Gasteiger partial charge in [0.15, 0.2) is 0 Å². The van der Waals surface area contributed by atoms with Crippen molar-refractivity contribution in [2.45, 2.75) is 44.4 Å². The molecule has 0 spiro atoms. The van der Waals surface area contributed by atoms with Crippen LogP contribution in [0.15, 0.2) is 10.7 Å². The highest BCUT2D eigenvalue weighted by molar-refractivity contribution is 9.10. The third-order valence-electron chi connectivity index (χ3n) is 4.22. The van der Waals surface area contributed by atoms with Crippen molar-refractivity contribution in [3.63, 3.8) is 0 Å². The van der Waals surface area contributed by atoms with Gasteiger partial charge in [-0.2, -0.15) is 4.68 Å². The average molecular weight is 373 g/mol. The number of carbonyl (C=O) groups is 1. The van der Waals surface area contributed by atoms with Crippen LogP contribution in [0.2, 0.25) is 0 Å². The van der Waals surface area contributed by atoms with E-state index in [1.54, 1.807) is 0 Å². The Hall–Kier alpha value is -1.48. The van der Waals surface area contributed by atoms with E-state index in [1.807, 2.05) is 4.90 Å². The van der Waals surface area contributed by atoms with Crippen LogP contribution in [0.3, 0.4) is 0 Å². The molecule has 8 nitrogen and oxygen atoms in total. The highest BCUT2D eigenvalue weighted by Crippen LogP contribution is 2.29. The van der Waals surface area contributed by atoms with Gasteiger partial charge in [0.2, 0.25) is 5.91 Å². The van der Waals surface area contributed by atoms with Crippen molar-refractivity contribution in [1.29, 1.82) is 0 Å². The van der Waals surface area contributed by atoms with E-state index in [4.69, 9.17) is 4.74 Å². The molecule has 3 rings (SSSR count). The van der Waals surface area contributed by atoms with Crippen molar-refractivity contribution in [3.8, 4) is 0 Å². The quantitative estimate of drug-likeness (QED) is 0.595. The van der Waals surface area contributed by atoms with Crippen LogP contribution in [-0.4, -0.2) is 50.8 Å².